The van der Waals surface area contributed by atoms with Crippen molar-refractivity contribution in [1.29, 1.82) is 0 Å². The van der Waals surface area contributed by atoms with Crippen molar-refractivity contribution in [2.75, 3.05) is 0 Å². The molecule has 2 atom stereocenters. The third kappa shape index (κ3) is 3.08. The highest BCUT2D eigenvalue weighted by Gasteiger charge is 2.36. The first-order chi connectivity index (χ1) is 11.0. The van der Waals surface area contributed by atoms with Gasteiger partial charge in [0.05, 0.1) is 5.51 Å². The number of nitrogens with one attached hydrogen (secondary N) is 1. The van der Waals surface area contributed by atoms with Crippen LogP contribution in [0.5, 0.6) is 0 Å². The average Bonchev–Trinajstić information content (AvgIpc) is 2.96. The van der Waals surface area contributed by atoms with Gasteiger partial charge in [0.15, 0.2) is 0 Å². The molecule has 1 amide bonds. The zero-order valence-electron chi connectivity index (χ0n) is 11.7. The lowest BCUT2D eigenvalue weighted by atomic mass is 9.75. The number of hydrogen-bond donors (Lipinski definition) is 1. The van der Waals surface area contributed by atoms with Crippen LogP contribution in [0, 0.1) is 11.6 Å². The monoisotopic (exact) mass is 344 g/mol. The first kappa shape index (κ1) is 15.9. The van der Waals surface area contributed by atoms with Crippen molar-refractivity contribution in [1.82, 2.24) is 10.3 Å². The summed E-state index contributed by atoms with van der Waals surface area (Å²) < 4.78 is 52.3. The summed E-state index contributed by atoms with van der Waals surface area (Å²) in [6.07, 6.45) is -1.58. The Kier molecular flexibility index (Phi) is 4.34. The minimum Gasteiger partial charge on any atom is -0.348 e. The van der Waals surface area contributed by atoms with Gasteiger partial charge in [-0.25, -0.2) is 22.5 Å². The van der Waals surface area contributed by atoms with Crippen LogP contribution in [0.1, 0.15) is 46.1 Å². The lowest BCUT2D eigenvalue weighted by Gasteiger charge is -2.37. The van der Waals surface area contributed by atoms with Crippen molar-refractivity contribution in [2.24, 2.45) is 0 Å². The molecule has 1 N–H and O–H groups in total. The third-order valence-electron chi connectivity index (χ3n) is 3.96. The largest absolute Gasteiger partial charge is 0.348 e. The second-order valence-corrected chi connectivity index (χ2v) is 6.15. The molecule has 2 aromatic rings. The van der Waals surface area contributed by atoms with E-state index in [0.717, 1.165) is 23.5 Å². The Balaban J connectivity index is 1.73. The van der Waals surface area contributed by atoms with E-state index in [4.69, 9.17) is 0 Å². The molecule has 1 heterocycles. The maximum Gasteiger partial charge on any atom is 0.281 e. The summed E-state index contributed by atoms with van der Waals surface area (Å²) >= 11 is 0.838. The van der Waals surface area contributed by atoms with Gasteiger partial charge in [-0.05, 0) is 24.5 Å². The Morgan fingerprint density at radius 3 is 2.70 bits per heavy atom. The van der Waals surface area contributed by atoms with Crippen LogP contribution >= 0.6 is 11.3 Å². The van der Waals surface area contributed by atoms with E-state index in [1.54, 1.807) is 0 Å². The van der Waals surface area contributed by atoms with E-state index in [1.807, 2.05) is 0 Å². The van der Waals surface area contributed by atoms with Crippen molar-refractivity contribution >= 4 is 17.2 Å². The summed E-state index contributed by atoms with van der Waals surface area (Å²) in [6, 6.07) is 2.94. The smallest absolute Gasteiger partial charge is 0.281 e. The molecule has 1 fully saturated rings. The summed E-state index contributed by atoms with van der Waals surface area (Å²) in [5.74, 6) is -2.26. The third-order valence-corrected chi connectivity index (χ3v) is 4.80. The van der Waals surface area contributed by atoms with Gasteiger partial charge in [-0.15, -0.1) is 11.3 Å². The highest BCUT2D eigenvalue weighted by molar-refractivity contribution is 7.11. The fraction of sp³-hybridized carbons (Fsp3) is 0.333. The van der Waals surface area contributed by atoms with E-state index in [-0.39, 0.29) is 16.8 Å². The number of benzene rings is 1. The molecular formula is C15H12F4N2OS. The molecule has 1 aliphatic carbocycles. The minimum atomic E-state index is -2.83. The van der Waals surface area contributed by atoms with E-state index in [9.17, 15) is 22.4 Å². The van der Waals surface area contributed by atoms with E-state index in [1.165, 1.54) is 11.6 Å². The summed E-state index contributed by atoms with van der Waals surface area (Å²) in [5, 5.41) is 2.64. The van der Waals surface area contributed by atoms with Crippen LogP contribution in [0.4, 0.5) is 17.6 Å². The summed E-state index contributed by atoms with van der Waals surface area (Å²) in [6.45, 7) is 0. The van der Waals surface area contributed by atoms with Crippen molar-refractivity contribution in [3.8, 4) is 0 Å². The normalized spacial score (nSPS) is 20.4. The Morgan fingerprint density at radius 2 is 2.09 bits per heavy atom. The second-order valence-electron chi connectivity index (χ2n) is 5.30. The number of amides is 1. The number of carbonyl (C=O) groups is 1. The number of halogens is 4. The van der Waals surface area contributed by atoms with Gasteiger partial charge in [0, 0.05) is 18.0 Å². The highest BCUT2D eigenvalue weighted by Crippen LogP contribution is 2.38. The van der Waals surface area contributed by atoms with Crippen molar-refractivity contribution in [3.63, 3.8) is 0 Å². The number of nitrogens with zero attached hydrogens (tertiary/aromatic N) is 1. The standard InChI is InChI=1S/C15H12F4N2OS/c16-7-1-2-8(10(17)5-7)9-3-4-11(9)21-15(22)13-12(14(18)19)20-6-23-13/h1-2,5-6,9,11,14H,3-4H2,(H,21,22)/t9-,11-/m0/s1. The zero-order valence-corrected chi connectivity index (χ0v) is 12.5. The molecule has 122 valence electrons. The lowest BCUT2D eigenvalue weighted by Crippen LogP contribution is -2.45. The van der Waals surface area contributed by atoms with Crippen molar-refractivity contribution in [2.45, 2.75) is 31.2 Å². The molecule has 3 nitrogen and oxygen atoms in total. The van der Waals surface area contributed by atoms with Crippen molar-refractivity contribution < 1.29 is 22.4 Å². The molecule has 0 unspecified atom stereocenters. The van der Waals surface area contributed by atoms with E-state index in [0.29, 0.717) is 18.4 Å². The molecule has 1 saturated carbocycles. The highest BCUT2D eigenvalue weighted by atomic mass is 32.1. The Hall–Kier alpha value is -1.96. The molecule has 23 heavy (non-hydrogen) atoms. The molecule has 1 aromatic carbocycles. The molecule has 0 saturated heterocycles. The summed E-state index contributed by atoms with van der Waals surface area (Å²) in [5.41, 5.74) is 0.964. The molecule has 8 heteroatoms. The minimum absolute atomic E-state index is 0.134. The quantitative estimate of drug-likeness (QED) is 0.851. The van der Waals surface area contributed by atoms with Crippen LogP contribution in [0.3, 0.4) is 0 Å². The van der Waals surface area contributed by atoms with Gasteiger partial charge < -0.3 is 5.32 Å². The van der Waals surface area contributed by atoms with Gasteiger partial charge in [-0.2, -0.15) is 0 Å². The lowest BCUT2D eigenvalue weighted by molar-refractivity contribution is 0.0894. The molecule has 0 bridgehead atoms. The van der Waals surface area contributed by atoms with Gasteiger partial charge in [-0.1, -0.05) is 6.07 Å². The van der Waals surface area contributed by atoms with E-state index >= 15 is 0 Å². The molecule has 1 aromatic heterocycles. The molecule has 0 spiro atoms. The van der Waals surface area contributed by atoms with Crippen LogP contribution in [0.25, 0.3) is 0 Å². The molecular weight excluding hydrogens is 332 g/mol. The van der Waals surface area contributed by atoms with Gasteiger partial charge in [0.25, 0.3) is 12.3 Å². The fourth-order valence-corrected chi connectivity index (χ4v) is 3.36. The Morgan fingerprint density at radius 1 is 1.30 bits per heavy atom. The number of thiazole rings is 1. The van der Waals surface area contributed by atoms with Crippen LogP contribution in [0.15, 0.2) is 23.7 Å². The average molecular weight is 344 g/mol. The van der Waals surface area contributed by atoms with Gasteiger partial charge in [-0.3, -0.25) is 4.79 Å². The molecule has 1 aliphatic rings. The maximum absolute atomic E-state index is 13.8. The Labute approximate surface area is 133 Å². The maximum atomic E-state index is 13.8. The second kappa shape index (κ2) is 6.27. The SMILES string of the molecule is O=C(N[C@H]1CC[C@H]1c1ccc(F)cc1F)c1scnc1C(F)F. The number of rotatable bonds is 4. The van der Waals surface area contributed by atoms with Crippen LogP contribution in [-0.2, 0) is 0 Å². The van der Waals surface area contributed by atoms with Gasteiger partial charge >= 0.3 is 0 Å². The summed E-state index contributed by atoms with van der Waals surface area (Å²) in [7, 11) is 0. The first-order valence-corrected chi connectivity index (χ1v) is 7.82. The van der Waals surface area contributed by atoms with E-state index in [2.05, 4.69) is 10.3 Å². The first-order valence-electron chi connectivity index (χ1n) is 6.94. The number of alkyl halides is 2. The van der Waals surface area contributed by atoms with Crippen molar-refractivity contribution in [3.05, 3.63) is 51.5 Å². The number of carbonyl (C=O) groups excluding carboxylic acids is 1. The van der Waals surface area contributed by atoms with Crippen LogP contribution < -0.4 is 5.32 Å². The van der Waals surface area contributed by atoms with E-state index < -0.39 is 29.7 Å². The predicted molar refractivity (Wildman–Crippen MR) is 76.7 cm³/mol. The molecule has 0 radical (unpaired) electrons. The topological polar surface area (TPSA) is 42.0 Å². The van der Waals surface area contributed by atoms with Gasteiger partial charge in [0.1, 0.15) is 22.2 Å². The zero-order chi connectivity index (χ0) is 16.6. The van der Waals surface area contributed by atoms with Gasteiger partial charge in [0.2, 0.25) is 0 Å². The predicted octanol–water partition coefficient (Wildman–Crippen LogP) is 4.03. The number of hydrogen-bond acceptors (Lipinski definition) is 3. The molecule has 3 rings (SSSR count). The number of aromatic nitrogens is 1. The van der Waals surface area contributed by atoms with Crippen LogP contribution in [-0.4, -0.2) is 16.9 Å². The Bertz CT molecular complexity index is 734. The molecule has 0 aliphatic heterocycles. The van der Waals surface area contributed by atoms with Crippen LogP contribution in [0.2, 0.25) is 0 Å². The summed E-state index contributed by atoms with van der Waals surface area (Å²) in [4.78, 5) is 15.5. The fourth-order valence-electron chi connectivity index (χ4n) is 2.66.